The first-order chi connectivity index (χ1) is 8.72. The Morgan fingerprint density at radius 2 is 2.16 bits per heavy atom. The van der Waals surface area contributed by atoms with E-state index in [9.17, 15) is 17.6 Å². The molecule has 1 unspecified atom stereocenters. The lowest BCUT2D eigenvalue weighted by molar-refractivity contribution is -0.137. The summed E-state index contributed by atoms with van der Waals surface area (Å²) in [5, 5.41) is 8.65. The van der Waals surface area contributed by atoms with Gasteiger partial charge in [0.2, 0.25) is 10.0 Å². The first-order valence-electron chi connectivity index (χ1n) is 5.39. The number of aliphatic carboxylic acids is 1. The zero-order valence-electron chi connectivity index (χ0n) is 10.1. The summed E-state index contributed by atoms with van der Waals surface area (Å²) >= 11 is 5.53. The van der Waals surface area contributed by atoms with Crippen LogP contribution in [-0.2, 0) is 14.8 Å². The van der Waals surface area contributed by atoms with E-state index in [1.165, 1.54) is 6.07 Å². The van der Waals surface area contributed by atoms with Crippen LogP contribution in [0, 0.1) is 11.7 Å². The van der Waals surface area contributed by atoms with E-state index < -0.39 is 32.6 Å². The summed E-state index contributed by atoms with van der Waals surface area (Å²) in [4.78, 5) is 9.93. The highest BCUT2D eigenvalue weighted by atomic mass is 35.5. The Kier molecular flexibility index (Phi) is 5.28. The number of carboxylic acids is 1. The van der Waals surface area contributed by atoms with Crippen molar-refractivity contribution >= 4 is 27.6 Å². The topological polar surface area (TPSA) is 83.5 Å². The van der Waals surface area contributed by atoms with Crippen LogP contribution < -0.4 is 4.72 Å². The molecular formula is C11H13ClFNO4S. The van der Waals surface area contributed by atoms with Crippen LogP contribution in [0.3, 0.4) is 0 Å². The van der Waals surface area contributed by atoms with Crippen LogP contribution in [0.5, 0.6) is 0 Å². The molecular weight excluding hydrogens is 297 g/mol. The number of rotatable bonds is 6. The zero-order chi connectivity index (χ0) is 14.6. The van der Waals surface area contributed by atoms with Crippen LogP contribution in [0.2, 0.25) is 5.02 Å². The van der Waals surface area contributed by atoms with Crippen LogP contribution in [0.15, 0.2) is 23.1 Å². The van der Waals surface area contributed by atoms with Gasteiger partial charge in [0.25, 0.3) is 0 Å². The van der Waals surface area contributed by atoms with Crippen LogP contribution in [-0.4, -0.2) is 26.0 Å². The Bertz CT molecular complexity index is 576. The van der Waals surface area contributed by atoms with E-state index in [0.29, 0.717) is 0 Å². The van der Waals surface area contributed by atoms with Gasteiger partial charge in [0.05, 0.1) is 0 Å². The molecule has 0 aliphatic rings. The molecule has 1 aromatic rings. The van der Waals surface area contributed by atoms with Gasteiger partial charge in [-0.3, -0.25) is 4.79 Å². The van der Waals surface area contributed by atoms with Crippen molar-refractivity contribution in [2.75, 3.05) is 6.54 Å². The van der Waals surface area contributed by atoms with Gasteiger partial charge in [-0.05, 0) is 24.1 Å². The van der Waals surface area contributed by atoms with Gasteiger partial charge in [-0.15, -0.1) is 0 Å². The molecule has 0 aliphatic carbocycles. The SMILES string of the molecule is CC(CNS(=O)(=O)c1ccc(Cl)cc1F)CC(=O)O. The largest absolute Gasteiger partial charge is 0.481 e. The van der Waals surface area contributed by atoms with Crippen LogP contribution in [0.1, 0.15) is 13.3 Å². The number of carboxylic acid groups (broad SMARTS) is 1. The minimum absolute atomic E-state index is 0.0866. The molecule has 0 bridgehead atoms. The second-order valence-corrected chi connectivity index (χ2v) is 6.30. The molecule has 0 aliphatic heterocycles. The Labute approximate surface area is 115 Å². The first kappa shape index (κ1) is 15.9. The van der Waals surface area contributed by atoms with Crippen molar-refractivity contribution < 1.29 is 22.7 Å². The van der Waals surface area contributed by atoms with Gasteiger partial charge < -0.3 is 5.11 Å². The van der Waals surface area contributed by atoms with Crippen molar-refractivity contribution in [3.8, 4) is 0 Å². The number of hydrogen-bond acceptors (Lipinski definition) is 3. The van der Waals surface area contributed by atoms with E-state index in [1.54, 1.807) is 6.92 Å². The van der Waals surface area contributed by atoms with Gasteiger partial charge in [-0.2, -0.15) is 0 Å². The molecule has 0 spiro atoms. The number of benzene rings is 1. The normalized spacial score (nSPS) is 13.2. The fourth-order valence-electron chi connectivity index (χ4n) is 1.39. The maximum Gasteiger partial charge on any atom is 0.303 e. The maximum absolute atomic E-state index is 13.5. The van der Waals surface area contributed by atoms with E-state index in [1.807, 2.05) is 0 Å². The number of hydrogen-bond donors (Lipinski definition) is 2. The van der Waals surface area contributed by atoms with Gasteiger partial charge in [0, 0.05) is 18.0 Å². The Morgan fingerprint density at radius 1 is 1.53 bits per heavy atom. The summed E-state index contributed by atoms with van der Waals surface area (Å²) in [6.45, 7) is 1.49. The van der Waals surface area contributed by atoms with Crippen molar-refractivity contribution in [3.63, 3.8) is 0 Å². The molecule has 2 N–H and O–H groups in total. The molecule has 0 aromatic heterocycles. The summed E-state index contributed by atoms with van der Waals surface area (Å²) in [5.74, 6) is -2.38. The van der Waals surface area contributed by atoms with Crippen molar-refractivity contribution in [3.05, 3.63) is 29.0 Å². The minimum atomic E-state index is -4.02. The minimum Gasteiger partial charge on any atom is -0.481 e. The van der Waals surface area contributed by atoms with Crippen LogP contribution in [0.25, 0.3) is 0 Å². The fourth-order valence-corrected chi connectivity index (χ4v) is 2.77. The van der Waals surface area contributed by atoms with Gasteiger partial charge >= 0.3 is 5.97 Å². The van der Waals surface area contributed by atoms with Crippen molar-refractivity contribution in [2.45, 2.75) is 18.2 Å². The lowest BCUT2D eigenvalue weighted by Crippen LogP contribution is -2.30. The Balaban J connectivity index is 2.79. The highest BCUT2D eigenvalue weighted by Crippen LogP contribution is 2.19. The Morgan fingerprint density at radius 3 is 2.68 bits per heavy atom. The molecule has 0 fully saturated rings. The van der Waals surface area contributed by atoms with Gasteiger partial charge in [-0.1, -0.05) is 18.5 Å². The standard InChI is InChI=1S/C11H13ClFNO4S/c1-7(4-11(15)16)6-14-19(17,18)10-3-2-8(12)5-9(10)13/h2-3,5,7,14H,4,6H2,1H3,(H,15,16). The highest BCUT2D eigenvalue weighted by Gasteiger charge is 2.20. The van der Waals surface area contributed by atoms with E-state index >= 15 is 0 Å². The second kappa shape index (κ2) is 6.31. The van der Waals surface area contributed by atoms with Crippen LogP contribution in [0.4, 0.5) is 4.39 Å². The predicted molar refractivity (Wildman–Crippen MR) is 68.0 cm³/mol. The lowest BCUT2D eigenvalue weighted by Gasteiger charge is -2.11. The molecule has 1 rings (SSSR count). The Hall–Kier alpha value is -1.18. The second-order valence-electron chi connectivity index (χ2n) is 4.13. The average molecular weight is 310 g/mol. The molecule has 0 radical (unpaired) electrons. The third kappa shape index (κ3) is 4.77. The molecule has 0 amide bonds. The lowest BCUT2D eigenvalue weighted by atomic mass is 10.1. The predicted octanol–water partition coefficient (Wildman–Crippen LogP) is 1.87. The summed E-state index contributed by atoms with van der Waals surface area (Å²) in [7, 11) is -4.02. The van der Waals surface area contributed by atoms with Crippen molar-refractivity contribution in [2.24, 2.45) is 5.92 Å². The summed E-state index contributed by atoms with van der Waals surface area (Å²) in [6, 6.07) is 3.22. The summed E-state index contributed by atoms with van der Waals surface area (Å²) in [6.07, 6.45) is -0.175. The van der Waals surface area contributed by atoms with E-state index in [2.05, 4.69) is 4.72 Å². The molecule has 1 atom stereocenters. The maximum atomic E-state index is 13.5. The third-order valence-corrected chi connectivity index (χ3v) is 4.02. The molecule has 8 heteroatoms. The molecule has 106 valence electrons. The van der Waals surface area contributed by atoms with E-state index in [-0.39, 0.29) is 18.0 Å². The molecule has 0 saturated heterocycles. The van der Waals surface area contributed by atoms with Gasteiger partial charge in [0.1, 0.15) is 10.7 Å². The van der Waals surface area contributed by atoms with Gasteiger partial charge in [-0.25, -0.2) is 17.5 Å². The van der Waals surface area contributed by atoms with Gasteiger partial charge in [0.15, 0.2) is 0 Å². The smallest absolute Gasteiger partial charge is 0.303 e. The number of halogens is 2. The molecule has 1 aromatic carbocycles. The van der Waals surface area contributed by atoms with E-state index in [4.69, 9.17) is 16.7 Å². The first-order valence-corrected chi connectivity index (χ1v) is 7.25. The average Bonchev–Trinajstić information content (AvgIpc) is 2.25. The zero-order valence-corrected chi connectivity index (χ0v) is 11.6. The molecule has 5 nitrogen and oxygen atoms in total. The molecule has 0 saturated carbocycles. The third-order valence-electron chi connectivity index (χ3n) is 2.33. The number of nitrogens with one attached hydrogen (secondary N) is 1. The van der Waals surface area contributed by atoms with Crippen molar-refractivity contribution in [1.82, 2.24) is 4.72 Å². The quantitative estimate of drug-likeness (QED) is 0.840. The van der Waals surface area contributed by atoms with Crippen molar-refractivity contribution in [1.29, 1.82) is 0 Å². The number of sulfonamides is 1. The molecule has 0 heterocycles. The fraction of sp³-hybridized carbons (Fsp3) is 0.364. The van der Waals surface area contributed by atoms with Crippen LogP contribution >= 0.6 is 11.6 Å². The monoisotopic (exact) mass is 309 g/mol. The summed E-state index contributed by atoms with van der Waals surface area (Å²) < 4.78 is 39.3. The number of carbonyl (C=O) groups is 1. The summed E-state index contributed by atoms with van der Waals surface area (Å²) in [5.41, 5.74) is 0. The molecule has 19 heavy (non-hydrogen) atoms. The highest BCUT2D eigenvalue weighted by molar-refractivity contribution is 7.89. The van der Waals surface area contributed by atoms with E-state index in [0.717, 1.165) is 12.1 Å².